The molecule has 0 saturated heterocycles. The zero-order valence-corrected chi connectivity index (χ0v) is 20.2. The van der Waals surface area contributed by atoms with E-state index in [9.17, 15) is 4.79 Å². The average Bonchev–Trinajstić information content (AvgIpc) is 3.13. The van der Waals surface area contributed by atoms with E-state index < -0.39 is 0 Å². The van der Waals surface area contributed by atoms with E-state index in [0.29, 0.717) is 17.7 Å². The molecule has 1 heterocycles. The summed E-state index contributed by atoms with van der Waals surface area (Å²) >= 11 is 1.47. The number of nitrogens with zero attached hydrogens (tertiary/aromatic N) is 3. The van der Waals surface area contributed by atoms with Gasteiger partial charge in [0.2, 0.25) is 5.91 Å². The molecule has 0 unspecified atom stereocenters. The van der Waals surface area contributed by atoms with Gasteiger partial charge in [0.15, 0.2) is 11.0 Å². The zero-order chi connectivity index (χ0) is 22.1. The van der Waals surface area contributed by atoms with E-state index in [1.165, 1.54) is 22.2 Å². The van der Waals surface area contributed by atoms with E-state index >= 15 is 0 Å². The topological polar surface area (TPSA) is 64.2 Å². The number of amides is 1. The lowest BCUT2D eigenvalue weighted by atomic mass is 9.99. The van der Waals surface area contributed by atoms with Crippen molar-refractivity contribution in [3.63, 3.8) is 0 Å². The smallest absolute Gasteiger partial charge is 0.234 e. The van der Waals surface area contributed by atoms with Crippen LogP contribution in [0.4, 0.5) is 5.69 Å². The Morgan fingerprint density at radius 1 is 1.13 bits per heavy atom. The van der Waals surface area contributed by atoms with Crippen LogP contribution in [0.2, 0.25) is 0 Å². The van der Waals surface area contributed by atoms with Crippen molar-refractivity contribution in [1.29, 1.82) is 0 Å². The van der Waals surface area contributed by atoms with E-state index in [1.54, 1.807) is 0 Å². The first-order valence-corrected chi connectivity index (χ1v) is 12.1. The molecule has 2 aromatic rings. The van der Waals surface area contributed by atoms with Crippen molar-refractivity contribution in [1.82, 2.24) is 14.8 Å². The Morgan fingerprint density at radius 3 is 2.40 bits per heavy atom. The molecule has 0 fully saturated rings. The number of rotatable bonds is 12. The van der Waals surface area contributed by atoms with Gasteiger partial charge < -0.3 is 14.8 Å². The van der Waals surface area contributed by atoms with Gasteiger partial charge in [-0.2, -0.15) is 0 Å². The van der Waals surface area contributed by atoms with Crippen LogP contribution in [0.15, 0.2) is 29.4 Å². The van der Waals surface area contributed by atoms with E-state index in [1.807, 2.05) is 12.1 Å². The first kappa shape index (κ1) is 24.4. The Morgan fingerprint density at radius 2 is 1.83 bits per heavy atom. The minimum Gasteiger partial charge on any atom is -0.331 e. The Kier molecular flexibility index (Phi) is 9.85. The van der Waals surface area contributed by atoms with E-state index in [4.69, 9.17) is 0 Å². The first-order chi connectivity index (χ1) is 14.4. The van der Waals surface area contributed by atoms with Crippen molar-refractivity contribution in [2.45, 2.75) is 77.0 Å². The fourth-order valence-electron chi connectivity index (χ4n) is 3.50. The molecule has 0 aliphatic heterocycles. The Labute approximate surface area is 185 Å². The summed E-state index contributed by atoms with van der Waals surface area (Å²) in [6, 6.07) is 8.47. The molecule has 7 heteroatoms. The van der Waals surface area contributed by atoms with Crippen LogP contribution < -0.4 is 10.2 Å². The predicted molar refractivity (Wildman–Crippen MR) is 125 cm³/mol. The number of hydrogen-bond acceptors (Lipinski definition) is 4. The van der Waals surface area contributed by atoms with Crippen molar-refractivity contribution in [3.05, 3.63) is 35.7 Å². The van der Waals surface area contributed by atoms with Crippen LogP contribution >= 0.6 is 11.8 Å². The van der Waals surface area contributed by atoms with Crippen LogP contribution in [-0.4, -0.2) is 40.5 Å². The van der Waals surface area contributed by atoms with Gasteiger partial charge in [0.1, 0.15) is 6.04 Å². The summed E-state index contributed by atoms with van der Waals surface area (Å²) < 4.78 is 2.21. The number of thioether (sulfide) groups is 1. The Bertz CT molecular complexity index is 787. The van der Waals surface area contributed by atoms with Crippen LogP contribution in [0, 0.1) is 0 Å². The van der Waals surface area contributed by atoms with E-state index in [2.05, 4.69) is 74.0 Å². The minimum absolute atomic E-state index is 0.0202. The Hall–Kier alpha value is -1.86. The van der Waals surface area contributed by atoms with Crippen LogP contribution in [0.5, 0.6) is 0 Å². The van der Waals surface area contributed by atoms with Gasteiger partial charge in [-0.1, -0.05) is 58.0 Å². The Balaban J connectivity index is 2.03. The maximum absolute atomic E-state index is 12.5. The van der Waals surface area contributed by atoms with Crippen molar-refractivity contribution in [3.8, 4) is 0 Å². The second-order valence-corrected chi connectivity index (χ2v) is 9.09. The fourth-order valence-corrected chi connectivity index (χ4v) is 4.27. The van der Waals surface area contributed by atoms with Gasteiger partial charge in [-0.3, -0.25) is 4.79 Å². The lowest BCUT2D eigenvalue weighted by molar-refractivity contribution is -0.893. The second-order valence-electron chi connectivity index (χ2n) is 8.15. The predicted octanol–water partition coefficient (Wildman–Crippen LogP) is 3.92. The van der Waals surface area contributed by atoms with Crippen molar-refractivity contribution in [2.75, 3.05) is 25.2 Å². The van der Waals surface area contributed by atoms with Gasteiger partial charge in [0.25, 0.3) is 0 Å². The summed E-state index contributed by atoms with van der Waals surface area (Å²) in [5, 5.41) is 12.7. The molecular formula is C23H38N5OS+. The fraction of sp³-hybridized carbons (Fsp3) is 0.609. The van der Waals surface area contributed by atoms with Gasteiger partial charge in [-0.05, 0) is 36.5 Å². The number of benzene rings is 1. The first-order valence-electron chi connectivity index (χ1n) is 11.2. The number of carbonyl (C=O) groups is 1. The molecule has 0 spiro atoms. The number of quaternary nitrogens is 1. The third kappa shape index (κ3) is 6.57. The molecule has 0 bridgehead atoms. The molecule has 0 aliphatic carbocycles. The molecular weight excluding hydrogens is 394 g/mol. The highest BCUT2D eigenvalue weighted by molar-refractivity contribution is 7.99. The number of nitrogens with one attached hydrogen (secondary N) is 2. The number of unbranched alkanes of at least 4 members (excludes halogenated alkanes) is 1. The molecule has 2 rings (SSSR count). The molecule has 2 N–H and O–H groups in total. The van der Waals surface area contributed by atoms with E-state index in [-0.39, 0.29) is 5.91 Å². The highest BCUT2D eigenvalue weighted by atomic mass is 32.2. The summed E-state index contributed by atoms with van der Waals surface area (Å²) in [6.45, 7) is 9.66. The summed E-state index contributed by atoms with van der Waals surface area (Å²) in [5.41, 5.74) is 2.14. The summed E-state index contributed by atoms with van der Waals surface area (Å²) in [6.07, 6.45) is 4.30. The minimum atomic E-state index is -0.0202. The lowest BCUT2D eigenvalue weighted by Crippen LogP contribution is -3.06. The number of carbonyl (C=O) groups excluding carboxylic acids is 1. The van der Waals surface area contributed by atoms with Gasteiger partial charge >= 0.3 is 0 Å². The van der Waals surface area contributed by atoms with Gasteiger partial charge in [0.05, 0.1) is 19.8 Å². The highest BCUT2D eigenvalue weighted by Crippen LogP contribution is 2.23. The molecule has 1 aromatic heterocycles. The molecule has 166 valence electrons. The van der Waals surface area contributed by atoms with Crippen LogP contribution in [-0.2, 0) is 11.3 Å². The van der Waals surface area contributed by atoms with Gasteiger partial charge in [0, 0.05) is 18.7 Å². The van der Waals surface area contributed by atoms with E-state index in [0.717, 1.165) is 48.9 Å². The highest BCUT2D eigenvalue weighted by Gasteiger charge is 2.25. The number of hydrogen-bond donors (Lipinski definition) is 2. The lowest BCUT2D eigenvalue weighted by Gasteiger charge is -2.20. The summed E-state index contributed by atoms with van der Waals surface area (Å²) in [5.74, 6) is 1.86. The largest absolute Gasteiger partial charge is 0.331 e. The van der Waals surface area contributed by atoms with Crippen molar-refractivity contribution >= 4 is 23.4 Å². The molecule has 6 nitrogen and oxygen atoms in total. The number of aromatic nitrogens is 3. The average molecular weight is 433 g/mol. The van der Waals surface area contributed by atoms with Crippen LogP contribution in [0.3, 0.4) is 0 Å². The van der Waals surface area contributed by atoms with Crippen LogP contribution in [0.25, 0.3) is 0 Å². The molecule has 0 radical (unpaired) electrons. The summed E-state index contributed by atoms with van der Waals surface area (Å²) in [4.78, 5) is 13.8. The van der Waals surface area contributed by atoms with Gasteiger partial charge in [-0.15, -0.1) is 10.2 Å². The van der Waals surface area contributed by atoms with Crippen molar-refractivity contribution < 1.29 is 9.69 Å². The zero-order valence-electron chi connectivity index (χ0n) is 19.4. The maximum Gasteiger partial charge on any atom is 0.234 e. The maximum atomic E-state index is 12.5. The molecule has 1 amide bonds. The molecule has 0 aliphatic rings. The van der Waals surface area contributed by atoms with Crippen LogP contribution in [0.1, 0.15) is 76.7 Å². The quantitative estimate of drug-likeness (QED) is 0.499. The molecule has 2 atom stereocenters. The standard InChI is InChI=1S/C23H37N5OS/c1-7-10-15-28-22(20(9-3)27(5)6)25-26-23(28)30-16-21(29)24-19-13-11-18(12-14-19)17(4)8-2/h11-14,17,20H,7-10,15-16H2,1-6H3,(H,24,29)/p+1/t17-,20-/m0/s1. The normalized spacial score (nSPS) is 13.4. The summed E-state index contributed by atoms with van der Waals surface area (Å²) in [7, 11) is 4.31. The molecule has 0 saturated carbocycles. The molecule has 30 heavy (non-hydrogen) atoms. The SMILES string of the molecule is CCCCn1c(SCC(=O)Nc2ccc([C@@H](C)CC)cc2)nnc1[C@H](CC)[NH+](C)C. The van der Waals surface area contributed by atoms with Gasteiger partial charge in [-0.25, -0.2) is 0 Å². The third-order valence-electron chi connectivity index (χ3n) is 5.61. The molecule has 1 aromatic carbocycles. The third-order valence-corrected chi connectivity index (χ3v) is 6.57. The number of anilines is 1. The second kappa shape index (κ2) is 12.1. The monoisotopic (exact) mass is 432 g/mol. The van der Waals surface area contributed by atoms with Crippen molar-refractivity contribution in [2.24, 2.45) is 0 Å².